The second-order valence-electron chi connectivity index (χ2n) is 19.1. The lowest BCUT2D eigenvalue weighted by Gasteiger charge is -2.13. The van der Waals surface area contributed by atoms with Gasteiger partial charge in [0.2, 0.25) is 0 Å². The molecule has 6 heteroatoms. The Balaban J connectivity index is 0.853. The predicted octanol–water partition coefficient (Wildman–Crippen LogP) is 18.9. The lowest BCUT2D eigenvalue weighted by molar-refractivity contribution is 0.669. The van der Waals surface area contributed by atoms with Crippen molar-refractivity contribution in [1.29, 1.82) is 0 Å². The minimum Gasteiger partial charge on any atom is -0.456 e. The highest BCUT2D eigenvalue weighted by Crippen LogP contribution is 2.42. The number of para-hydroxylation sites is 1. The fraction of sp³-hybridized carbons (Fsp3) is 0. The molecule has 0 aliphatic carbocycles. The maximum atomic E-state index is 6.64. The minimum atomic E-state index is 0.573. The molecule has 4 heterocycles. The minimum absolute atomic E-state index is 0.573. The maximum absolute atomic E-state index is 6.64. The summed E-state index contributed by atoms with van der Waals surface area (Å²) in [5, 5.41) is 6.97. The van der Waals surface area contributed by atoms with E-state index >= 15 is 0 Å². The summed E-state index contributed by atoms with van der Waals surface area (Å²) in [6.07, 6.45) is 0. The van der Waals surface area contributed by atoms with E-state index in [1.54, 1.807) is 0 Å². The first-order chi connectivity index (χ1) is 37.1. The van der Waals surface area contributed by atoms with Crippen LogP contribution in [0.5, 0.6) is 0 Å². The van der Waals surface area contributed by atoms with Crippen molar-refractivity contribution in [3.05, 3.63) is 255 Å². The van der Waals surface area contributed by atoms with Gasteiger partial charge in [-0.05, 0) is 123 Å². The van der Waals surface area contributed by atoms with Crippen molar-refractivity contribution >= 4 is 75.3 Å². The van der Waals surface area contributed by atoms with Gasteiger partial charge in [0.25, 0.3) is 0 Å². The summed E-state index contributed by atoms with van der Waals surface area (Å²) in [4.78, 5) is 15.8. The molecule has 0 atom stereocenters. The first-order valence-corrected chi connectivity index (χ1v) is 26.0. The largest absolute Gasteiger partial charge is 0.456 e. The molecular weight excluding hydrogens is 933 g/mol. The van der Waals surface area contributed by atoms with E-state index in [2.05, 4.69) is 229 Å². The summed E-state index contributed by atoms with van der Waals surface area (Å²) in [6.45, 7) is 0. The van der Waals surface area contributed by atoms with E-state index in [9.17, 15) is 0 Å². The number of furan rings is 1. The number of hydrogen-bond acceptors (Lipinski definition) is 5. The summed E-state index contributed by atoms with van der Waals surface area (Å²) in [6, 6.07) is 90.6. The van der Waals surface area contributed by atoms with Crippen LogP contribution in [0.25, 0.3) is 148 Å². The van der Waals surface area contributed by atoms with Gasteiger partial charge >= 0.3 is 0 Å². The van der Waals surface area contributed by atoms with Gasteiger partial charge in [0, 0.05) is 64.1 Å². The number of nitrogens with zero attached hydrogens (tertiary/aromatic N) is 4. The Kier molecular flexibility index (Phi) is 10.00. The third kappa shape index (κ3) is 7.41. The first-order valence-electron chi connectivity index (χ1n) is 25.2. The van der Waals surface area contributed by atoms with Gasteiger partial charge in [0.15, 0.2) is 17.5 Å². The quantitative estimate of drug-likeness (QED) is 0.152. The van der Waals surface area contributed by atoms with Crippen LogP contribution < -0.4 is 0 Å². The Morgan fingerprint density at radius 2 is 0.827 bits per heavy atom. The van der Waals surface area contributed by atoms with Crippen molar-refractivity contribution in [2.75, 3.05) is 0 Å². The molecule has 0 saturated carbocycles. The van der Waals surface area contributed by atoms with Gasteiger partial charge in [-0.2, -0.15) is 0 Å². The number of benzene rings is 11. The lowest BCUT2D eigenvalue weighted by Crippen LogP contribution is -2.00. The Morgan fingerprint density at radius 1 is 0.293 bits per heavy atom. The summed E-state index contributed by atoms with van der Waals surface area (Å²) >= 11 is 1.85. The molecule has 0 aliphatic rings. The molecule has 11 aromatic carbocycles. The van der Waals surface area contributed by atoms with Crippen LogP contribution in [-0.2, 0) is 0 Å². The van der Waals surface area contributed by atoms with Gasteiger partial charge in [-0.1, -0.05) is 176 Å². The molecule has 4 aromatic heterocycles. The third-order valence-corrected chi connectivity index (χ3v) is 15.8. The van der Waals surface area contributed by atoms with E-state index in [0.717, 1.165) is 88.8 Å². The molecule has 15 aromatic rings. The van der Waals surface area contributed by atoms with Crippen molar-refractivity contribution in [2.24, 2.45) is 0 Å². The SMILES string of the molecule is c1ccc(-c2cc(-c3ccccc3)cc(-c3cccc(-c4nc(-c5ccccc5)nc(-c5cccc6oc7ccc(-c8ccc9c(c8)c8ccccc8n9-c8ccc9c(c8)sc8ccccc89)cc7c56)n4)c3)c2)cc1. The van der Waals surface area contributed by atoms with Gasteiger partial charge in [-0.15, -0.1) is 11.3 Å². The van der Waals surface area contributed by atoms with E-state index in [1.165, 1.54) is 42.0 Å². The topological polar surface area (TPSA) is 56.7 Å². The predicted molar refractivity (Wildman–Crippen MR) is 312 cm³/mol. The van der Waals surface area contributed by atoms with Crippen LogP contribution in [0.2, 0.25) is 0 Å². The molecule has 0 aliphatic heterocycles. The van der Waals surface area contributed by atoms with Gasteiger partial charge in [-0.3, -0.25) is 0 Å². The molecule has 75 heavy (non-hydrogen) atoms. The van der Waals surface area contributed by atoms with Crippen LogP contribution in [0.15, 0.2) is 259 Å². The molecule has 0 unspecified atom stereocenters. The molecule has 350 valence electrons. The zero-order valence-electron chi connectivity index (χ0n) is 40.4. The molecule has 0 saturated heterocycles. The fourth-order valence-corrected chi connectivity index (χ4v) is 12.2. The molecule has 15 rings (SSSR count). The van der Waals surface area contributed by atoms with Crippen molar-refractivity contribution in [1.82, 2.24) is 19.5 Å². The number of aromatic nitrogens is 4. The van der Waals surface area contributed by atoms with Crippen LogP contribution in [0.1, 0.15) is 0 Å². The fourth-order valence-electron chi connectivity index (χ4n) is 11.0. The van der Waals surface area contributed by atoms with Crippen LogP contribution in [0, 0.1) is 0 Å². The Bertz CT molecular complexity index is 4650. The van der Waals surface area contributed by atoms with Crippen LogP contribution in [0.3, 0.4) is 0 Å². The van der Waals surface area contributed by atoms with Crippen molar-refractivity contribution < 1.29 is 4.42 Å². The maximum Gasteiger partial charge on any atom is 0.164 e. The second kappa shape index (κ2) is 17.5. The van der Waals surface area contributed by atoms with Crippen LogP contribution in [0.4, 0.5) is 0 Å². The molecule has 5 nitrogen and oxygen atoms in total. The Hall–Kier alpha value is -9.75. The average Bonchev–Trinajstić information content (AvgIpc) is 4.20. The van der Waals surface area contributed by atoms with Crippen molar-refractivity contribution in [3.63, 3.8) is 0 Å². The first kappa shape index (κ1) is 42.9. The Morgan fingerprint density at radius 3 is 1.59 bits per heavy atom. The lowest BCUT2D eigenvalue weighted by atomic mass is 9.93. The van der Waals surface area contributed by atoms with E-state index < -0.39 is 0 Å². The molecule has 0 radical (unpaired) electrons. The summed E-state index contributed by atoms with van der Waals surface area (Å²) in [5.74, 6) is 1.76. The molecule has 0 fully saturated rings. The van der Waals surface area contributed by atoms with E-state index in [1.807, 2.05) is 41.7 Å². The summed E-state index contributed by atoms with van der Waals surface area (Å²) in [7, 11) is 0. The van der Waals surface area contributed by atoms with Gasteiger partial charge < -0.3 is 8.98 Å². The van der Waals surface area contributed by atoms with Gasteiger partial charge in [-0.25, -0.2) is 15.0 Å². The number of fused-ring (bicyclic) bond motifs is 9. The normalized spacial score (nSPS) is 11.7. The number of hydrogen-bond donors (Lipinski definition) is 0. The monoisotopic (exact) mass is 974 g/mol. The third-order valence-electron chi connectivity index (χ3n) is 14.6. The smallest absolute Gasteiger partial charge is 0.164 e. The van der Waals surface area contributed by atoms with Crippen LogP contribution in [-0.4, -0.2) is 19.5 Å². The second-order valence-corrected chi connectivity index (χ2v) is 20.2. The molecule has 0 bridgehead atoms. The molecule has 0 spiro atoms. The highest BCUT2D eigenvalue weighted by molar-refractivity contribution is 7.25. The van der Waals surface area contributed by atoms with E-state index in [4.69, 9.17) is 19.4 Å². The average molecular weight is 975 g/mol. The van der Waals surface area contributed by atoms with Crippen molar-refractivity contribution in [3.8, 4) is 84.4 Å². The van der Waals surface area contributed by atoms with Gasteiger partial charge in [0.05, 0.1) is 11.0 Å². The van der Waals surface area contributed by atoms with E-state index in [0.29, 0.717) is 17.5 Å². The van der Waals surface area contributed by atoms with Gasteiger partial charge in [0.1, 0.15) is 11.2 Å². The summed E-state index contributed by atoms with van der Waals surface area (Å²) < 4.78 is 11.6. The highest BCUT2D eigenvalue weighted by Gasteiger charge is 2.21. The van der Waals surface area contributed by atoms with E-state index in [-0.39, 0.29) is 0 Å². The number of rotatable bonds is 8. The zero-order chi connectivity index (χ0) is 49.4. The van der Waals surface area contributed by atoms with Crippen molar-refractivity contribution in [2.45, 2.75) is 0 Å². The zero-order valence-corrected chi connectivity index (χ0v) is 41.2. The van der Waals surface area contributed by atoms with Crippen LogP contribution >= 0.6 is 11.3 Å². The summed E-state index contributed by atoms with van der Waals surface area (Å²) in [5.41, 5.74) is 16.8. The molecule has 0 amide bonds. The Labute approximate surface area is 435 Å². The number of thiophene rings is 1. The standard InChI is InChI=1S/C69H42N4OS/c1-4-16-43(17-5-1)50-37-51(44-18-6-2-7-19-44)39-52(38-50)46-22-14-23-49(36-46)68-70-67(45-20-8-3-9-21-45)71-69(72-68)57-26-15-28-63-66(57)59-41-48(31-35-62(59)74-63)47-30-34-61-58(40-47)54-24-10-12-27-60(54)73(61)53-32-33-56-55-25-11-13-29-64(55)75-65(56)42-53/h1-42H. The highest BCUT2D eigenvalue weighted by atomic mass is 32.1. The molecule has 0 N–H and O–H groups in total. The molecular formula is C69H42N4OS.